The Kier molecular flexibility index (Phi) is 4.76. The van der Waals surface area contributed by atoms with Gasteiger partial charge in [-0.3, -0.25) is 0 Å². The van der Waals surface area contributed by atoms with E-state index in [-0.39, 0.29) is 0 Å². The van der Waals surface area contributed by atoms with Gasteiger partial charge in [-0.2, -0.15) is 0 Å². The summed E-state index contributed by atoms with van der Waals surface area (Å²) in [5.74, 6) is 0. The van der Waals surface area contributed by atoms with Crippen LogP contribution in [0.25, 0.3) is 80.0 Å². The van der Waals surface area contributed by atoms with Gasteiger partial charge in [0.05, 0.1) is 34.3 Å². The maximum atomic E-state index is 7.55. The van der Waals surface area contributed by atoms with Crippen molar-refractivity contribution in [2.24, 2.45) is 0 Å². The zero-order valence-electron chi connectivity index (χ0n) is 22.8. The van der Waals surface area contributed by atoms with Crippen LogP contribution in [0, 0.1) is 13.5 Å². The highest BCUT2D eigenvalue weighted by Crippen LogP contribution is 2.42. The van der Waals surface area contributed by atoms with Crippen LogP contribution in [0.2, 0.25) is 0 Å². The molecule has 0 N–H and O–H groups in total. The van der Waals surface area contributed by atoms with Crippen LogP contribution in [-0.2, 0) is 0 Å². The number of hydrogen-bond acceptors (Lipinski definition) is 1. The van der Waals surface area contributed by atoms with Crippen molar-refractivity contribution in [3.63, 3.8) is 0 Å². The molecule has 0 saturated carbocycles. The van der Waals surface area contributed by atoms with Crippen LogP contribution in [0.15, 0.2) is 121 Å². The Morgan fingerprint density at radius 3 is 2.05 bits per heavy atom. The van der Waals surface area contributed by atoms with Crippen LogP contribution in [-0.4, -0.2) is 9.13 Å². The first-order valence-electron chi connectivity index (χ1n) is 14.1. The third-order valence-corrected chi connectivity index (χ3v) is 9.71. The largest absolute Gasteiger partial charge is 0.309 e. The lowest BCUT2D eigenvalue weighted by Gasteiger charge is -2.11. The van der Waals surface area contributed by atoms with Crippen molar-refractivity contribution in [2.75, 3.05) is 0 Å². The van der Waals surface area contributed by atoms with Crippen molar-refractivity contribution >= 4 is 80.8 Å². The first kappa shape index (κ1) is 23.3. The van der Waals surface area contributed by atoms with Gasteiger partial charge in [-0.15, -0.1) is 11.3 Å². The summed E-state index contributed by atoms with van der Waals surface area (Å²) in [6.45, 7) is 9.72. The Labute approximate surface area is 245 Å². The number of thiophene rings is 1. The second kappa shape index (κ2) is 8.57. The number of hydrogen-bond donors (Lipinski definition) is 0. The Hall–Kier alpha value is -5.37. The van der Waals surface area contributed by atoms with Crippen LogP contribution >= 0.6 is 11.3 Å². The molecule has 0 spiro atoms. The molecule has 0 radical (unpaired) electrons. The van der Waals surface area contributed by atoms with Crippen molar-refractivity contribution in [1.82, 2.24) is 9.13 Å². The molecule has 3 heterocycles. The maximum Gasteiger partial charge on any atom is 0.188 e. The molecule has 4 heteroatoms. The molecule has 0 saturated heterocycles. The lowest BCUT2D eigenvalue weighted by Crippen LogP contribution is -1.95. The van der Waals surface area contributed by atoms with E-state index in [1.165, 1.54) is 53.2 Å². The molecule has 0 aliphatic rings. The average Bonchev–Trinajstić information content (AvgIpc) is 3.68. The standard InChI is InChI=1S/C38H23N3S/c1-23-14-17-34-28(20-23)26-8-4-6-11-32(26)41(34)35-12-7-13-37-38(35)30-22-25(16-19-36(30)42-37)40-31-10-5-3-9-27(31)29-21-24(39-2)15-18-33(29)40/h3-22H,1H3. The first-order chi connectivity index (χ1) is 20.7. The van der Waals surface area contributed by atoms with Gasteiger partial charge in [-0.25, -0.2) is 4.85 Å². The Bertz CT molecular complexity index is 2600. The highest BCUT2D eigenvalue weighted by molar-refractivity contribution is 7.25. The minimum Gasteiger partial charge on any atom is -0.309 e. The highest BCUT2D eigenvalue weighted by atomic mass is 32.1. The Morgan fingerprint density at radius 1 is 0.548 bits per heavy atom. The molecular formula is C38H23N3S. The monoisotopic (exact) mass is 553 g/mol. The van der Waals surface area contributed by atoms with E-state index >= 15 is 0 Å². The van der Waals surface area contributed by atoms with Crippen LogP contribution in [0.3, 0.4) is 0 Å². The van der Waals surface area contributed by atoms with Gasteiger partial charge in [-0.05, 0) is 79.0 Å². The van der Waals surface area contributed by atoms with Crippen molar-refractivity contribution < 1.29 is 0 Å². The topological polar surface area (TPSA) is 14.2 Å². The summed E-state index contributed by atoms with van der Waals surface area (Å²) in [6, 6.07) is 43.6. The minimum absolute atomic E-state index is 0.663. The lowest BCUT2D eigenvalue weighted by atomic mass is 10.1. The van der Waals surface area contributed by atoms with E-state index in [4.69, 9.17) is 6.57 Å². The fourth-order valence-electron chi connectivity index (χ4n) is 6.78. The van der Waals surface area contributed by atoms with Crippen molar-refractivity contribution in [1.29, 1.82) is 0 Å². The van der Waals surface area contributed by atoms with Crippen LogP contribution in [0.4, 0.5) is 5.69 Å². The number of para-hydroxylation sites is 2. The molecule has 3 aromatic heterocycles. The molecule has 9 rings (SSSR count). The molecule has 6 aromatic carbocycles. The number of nitrogens with zero attached hydrogens (tertiary/aromatic N) is 3. The fraction of sp³-hybridized carbons (Fsp3) is 0.0263. The summed E-state index contributed by atoms with van der Waals surface area (Å²) in [7, 11) is 0. The quantitative estimate of drug-likeness (QED) is 0.189. The van der Waals surface area contributed by atoms with Crippen LogP contribution in [0.5, 0.6) is 0 Å². The van der Waals surface area contributed by atoms with Gasteiger partial charge in [0.15, 0.2) is 5.69 Å². The molecule has 0 unspecified atom stereocenters. The average molecular weight is 554 g/mol. The third kappa shape index (κ3) is 3.14. The molecule has 0 bridgehead atoms. The highest BCUT2D eigenvalue weighted by Gasteiger charge is 2.18. The lowest BCUT2D eigenvalue weighted by molar-refractivity contribution is 1.19. The second-order valence-corrected chi connectivity index (χ2v) is 12.1. The molecule has 0 fully saturated rings. The summed E-state index contributed by atoms with van der Waals surface area (Å²) in [5, 5.41) is 7.36. The Balaban J connectivity index is 1.38. The van der Waals surface area contributed by atoms with E-state index in [1.54, 1.807) is 0 Å². The Morgan fingerprint density at radius 2 is 1.24 bits per heavy atom. The number of fused-ring (bicyclic) bond motifs is 9. The number of rotatable bonds is 2. The van der Waals surface area contributed by atoms with E-state index in [0.29, 0.717) is 5.69 Å². The van der Waals surface area contributed by atoms with E-state index in [9.17, 15) is 0 Å². The zero-order chi connectivity index (χ0) is 27.9. The van der Waals surface area contributed by atoms with Gasteiger partial charge in [0.25, 0.3) is 0 Å². The third-order valence-electron chi connectivity index (χ3n) is 8.57. The van der Waals surface area contributed by atoms with E-state index in [0.717, 1.165) is 27.5 Å². The number of benzene rings is 6. The van der Waals surface area contributed by atoms with Crippen molar-refractivity contribution in [2.45, 2.75) is 6.92 Å². The summed E-state index contributed by atoms with van der Waals surface area (Å²) in [4.78, 5) is 3.70. The first-order valence-corrected chi connectivity index (χ1v) is 14.9. The molecule has 9 aromatic rings. The molecule has 0 aliphatic carbocycles. The second-order valence-electron chi connectivity index (χ2n) is 11.0. The molecule has 0 atom stereocenters. The predicted molar refractivity (Wildman–Crippen MR) is 179 cm³/mol. The molecule has 3 nitrogen and oxygen atoms in total. The summed E-state index contributed by atoms with van der Waals surface area (Å²) < 4.78 is 7.33. The molecule has 42 heavy (non-hydrogen) atoms. The predicted octanol–water partition coefficient (Wildman–Crippen LogP) is 11.1. The van der Waals surface area contributed by atoms with Gasteiger partial charge in [-0.1, -0.05) is 60.2 Å². The summed E-state index contributed by atoms with van der Waals surface area (Å²) in [6.07, 6.45) is 0. The molecule has 196 valence electrons. The van der Waals surface area contributed by atoms with E-state index in [2.05, 4.69) is 130 Å². The summed E-state index contributed by atoms with van der Waals surface area (Å²) in [5.41, 5.74) is 8.96. The van der Waals surface area contributed by atoms with E-state index in [1.807, 2.05) is 23.5 Å². The smallest absolute Gasteiger partial charge is 0.188 e. The minimum atomic E-state index is 0.663. The van der Waals surface area contributed by atoms with Gasteiger partial charge in [0.2, 0.25) is 0 Å². The van der Waals surface area contributed by atoms with E-state index < -0.39 is 0 Å². The number of aryl methyl sites for hydroxylation is 1. The molecule has 0 amide bonds. The number of aromatic nitrogens is 2. The maximum absolute atomic E-state index is 7.55. The van der Waals surface area contributed by atoms with Gasteiger partial charge in [0, 0.05) is 42.0 Å². The molecular weight excluding hydrogens is 531 g/mol. The van der Waals surface area contributed by atoms with Gasteiger partial charge in [0.1, 0.15) is 0 Å². The van der Waals surface area contributed by atoms with Crippen LogP contribution in [0.1, 0.15) is 5.56 Å². The van der Waals surface area contributed by atoms with Gasteiger partial charge >= 0.3 is 0 Å². The zero-order valence-corrected chi connectivity index (χ0v) is 23.6. The van der Waals surface area contributed by atoms with Gasteiger partial charge < -0.3 is 9.13 Å². The normalized spacial score (nSPS) is 11.9. The molecule has 0 aliphatic heterocycles. The van der Waals surface area contributed by atoms with Crippen LogP contribution < -0.4 is 0 Å². The fourth-order valence-corrected chi connectivity index (χ4v) is 7.88. The van der Waals surface area contributed by atoms with Crippen molar-refractivity contribution in [3.8, 4) is 11.4 Å². The SMILES string of the molecule is [C-]#[N+]c1ccc2c(c1)c1ccccc1n2-c1ccc2sc3cccc(-n4c5ccccc5c5cc(C)ccc54)c3c2c1. The summed E-state index contributed by atoms with van der Waals surface area (Å²) >= 11 is 1.85. The van der Waals surface area contributed by atoms with Crippen molar-refractivity contribution in [3.05, 3.63) is 138 Å².